The van der Waals surface area contributed by atoms with Crippen molar-refractivity contribution < 1.29 is 15.4 Å². The quantitative estimate of drug-likeness (QED) is 0.605. The van der Waals surface area contributed by atoms with Crippen LogP contribution in [-0.2, 0) is 0 Å². The molecular formula is C9H13NO4. The van der Waals surface area contributed by atoms with E-state index in [0.717, 1.165) is 12.3 Å². The smallest absolute Gasteiger partial charge is 0.223 e. The number of aliphatic hydroxyl groups is 1. The van der Waals surface area contributed by atoms with Crippen LogP contribution in [0.15, 0.2) is 17.1 Å². The van der Waals surface area contributed by atoms with Crippen molar-refractivity contribution in [2.24, 2.45) is 5.92 Å². The molecule has 0 fully saturated rings. The molecule has 78 valence electrons. The third-order valence-electron chi connectivity index (χ3n) is 1.98. The minimum atomic E-state index is -0.937. The molecule has 0 aliphatic rings. The lowest BCUT2D eigenvalue weighted by Gasteiger charge is -2.16. The van der Waals surface area contributed by atoms with Gasteiger partial charge in [0.15, 0.2) is 5.75 Å². The molecule has 1 atom stereocenters. The molecular weight excluding hydrogens is 186 g/mol. The van der Waals surface area contributed by atoms with Gasteiger partial charge < -0.3 is 15.4 Å². The minimum Gasteiger partial charge on any atom is -0.503 e. The highest BCUT2D eigenvalue weighted by Gasteiger charge is 2.17. The van der Waals surface area contributed by atoms with E-state index in [9.17, 15) is 15.1 Å². The van der Waals surface area contributed by atoms with E-state index in [1.807, 2.05) is 0 Å². The molecule has 0 amide bonds. The van der Waals surface area contributed by atoms with Gasteiger partial charge in [0.2, 0.25) is 5.43 Å². The molecule has 0 aromatic carbocycles. The normalized spacial score (nSPS) is 13.1. The molecule has 0 saturated carbocycles. The van der Waals surface area contributed by atoms with Crippen molar-refractivity contribution in [3.8, 4) is 5.75 Å². The van der Waals surface area contributed by atoms with Crippen molar-refractivity contribution in [1.29, 1.82) is 0 Å². The van der Waals surface area contributed by atoms with Gasteiger partial charge in [0.25, 0.3) is 0 Å². The molecule has 1 aromatic heterocycles. The zero-order valence-electron chi connectivity index (χ0n) is 8.01. The maximum absolute atomic E-state index is 11.0. The number of pyridine rings is 1. The summed E-state index contributed by atoms with van der Waals surface area (Å²) in [5.74, 6) is -0.676. The van der Waals surface area contributed by atoms with Crippen LogP contribution in [0.3, 0.4) is 0 Å². The van der Waals surface area contributed by atoms with Crippen LogP contribution in [0.4, 0.5) is 0 Å². The van der Waals surface area contributed by atoms with Gasteiger partial charge in [0.1, 0.15) is 0 Å². The van der Waals surface area contributed by atoms with Crippen LogP contribution in [0.25, 0.3) is 0 Å². The van der Waals surface area contributed by atoms with Gasteiger partial charge in [-0.2, -0.15) is 4.73 Å². The third-order valence-corrected chi connectivity index (χ3v) is 1.98. The van der Waals surface area contributed by atoms with Crippen molar-refractivity contribution >= 4 is 0 Å². The van der Waals surface area contributed by atoms with E-state index in [1.165, 1.54) is 0 Å². The van der Waals surface area contributed by atoms with Crippen LogP contribution in [0, 0.1) is 5.92 Å². The number of rotatable bonds is 2. The van der Waals surface area contributed by atoms with E-state index in [1.54, 1.807) is 13.8 Å². The fourth-order valence-corrected chi connectivity index (χ4v) is 1.09. The fraction of sp³-hybridized carbons (Fsp3) is 0.444. The van der Waals surface area contributed by atoms with Crippen molar-refractivity contribution in [1.82, 2.24) is 4.73 Å². The van der Waals surface area contributed by atoms with Crippen molar-refractivity contribution in [3.63, 3.8) is 0 Å². The summed E-state index contributed by atoms with van der Waals surface area (Å²) in [6, 6.07) is 1.01. The standard InChI is InChI=1S/C9H13NO4/c1-5(2)9(13)6-3-7(11)8(12)4-10(6)14/h3-5,9,12-14H,1-2H3. The second-order valence-electron chi connectivity index (χ2n) is 3.48. The Morgan fingerprint density at radius 3 is 2.50 bits per heavy atom. The van der Waals surface area contributed by atoms with Crippen molar-refractivity contribution in [3.05, 3.63) is 28.2 Å². The minimum absolute atomic E-state index is 0.0720. The average Bonchev–Trinajstić information content (AvgIpc) is 2.10. The highest BCUT2D eigenvalue weighted by Crippen LogP contribution is 2.20. The molecule has 0 radical (unpaired) electrons. The number of aromatic nitrogens is 1. The van der Waals surface area contributed by atoms with E-state index < -0.39 is 17.3 Å². The van der Waals surface area contributed by atoms with Crippen LogP contribution in [0.5, 0.6) is 5.75 Å². The van der Waals surface area contributed by atoms with E-state index >= 15 is 0 Å². The molecule has 0 aliphatic heterocycles. The predicted octanol–water partition coefficient (Wildman–Crippen LogP) is 0.481. The molecule has 0 saturated heterocycles. The Kier molecular flexibility index (Phi) is 2.81. The number of hydrogen-bond acceptors (Lipinski definition) is 4. The van der Waals surface area contributed by atoms with E-state index in [4.69, 9.17) is 5.11 Å². The molecule has 5 nitrogen and oxygen atoms in total. The summed E-state index contributed by atoms with van der Waals surface area (Å²) in [7, 11) is 0. The third kappa shape index (κ3) is 1.88. The lowest BCUT2D eigenvalue weighted by Crippen LogP contribution is -2.16. The van der Waals surface area contributed by atoms with Gasteiger partial charge in [0, 0.05) is 6.07 Å². The fourth-order valence-electron chi connectivity index (χ4n) is 1.09. The Morgan fingerprint density at radius 1 is 1.43 bits per heavy atom. The molecule has 0 bridgehead atoms. The molecule has 0 spiro atoms. The summed E-state index contributed by atoms with van der Waals surface area (Å²) in [5, 5.41) is 27.9. The maximum atomic E-state index is 11.0. The van der Waals surface area contributed by atoms with Gasteiger partial charge in [-0.3, -0.25) is 4.79 Å². The first-order valence-corrected chi connectivity index (χ1v) is 4.26. The second kappa shape index (κ2) is 3.71. The van der Waals surface area contributed by atoms with E-state index in [0.29, 0.717) is 4.73 Å². The highest BCUT2D eigenvalue weighted by molar-refractivity contribution is 5.20. The van der Waals surface area contributed by atoms with Crippen molar-refractivity contribution in [2.75, 3.05) is 0 Å². The Morgan fingerprint density at radius 2 is 2.00 bits per heavy atom. The van der Waals surface area contributed by atoms with Gasteiger partial charge in [-0.25, -0.2) is 0 Å². The monoisotopic (exact) mass is 199 g/mol. The van der Waals surface area contributed by atoms with Crippen LogP contribution >= 0.6 is 0 Å². The van der Waals surface area contributed by atoms with E-state index in [2.05, 4.69) is 0 Å². The van der Waals surface area contributed by atoms with Crippen LogP contribution in [0.2, 0.25) is 0 Å². The SMILES string of the molecule is CC(C)C(O)c1cc(=O)c(O)cn1O. The number of hydrogen-bond donors (Lipinski definition) is 3. The number of aromatic hydroxyl groups is 1. The van der Waals surface area contributed by atoms with Gasteiger partial charge >= 0.3 is 0 Å². The Hall–Kier alpha value is -1.49. The van der Waals surface area contributed by atoms with Gasteiger partial charge in [-0.15, -0.1) is 0 Å². The van der Waals surface area contributed by atoms with Crippen molar-refractivity contribution in [2.45, 2.75) is 20.0 Å². The molecule has 14 heavy (non-hydrogen) atoms. The summed E-state index contributed by atoms with van der Waals surface area (Å²) in [6.07, 6.45) is -0.0724. The Labute approximate surface area is 80.8 Å². The molecule has 3 N–H and O–H groups in total. The zero-order chi connectivity index (χ0) is 10.9. The Bertz CT molecular complexity index is 383. The molecule has 5 heteroatoms. The lowest BCUT2D eigenvalue weighted by atomic mass is 10.0. The molecule has 1 unspecified atom stereocenters. The van der Waals surface area contributed by atoms with Crippen LogP contribution < -0.4 is 5.43 Å². The summed E-state index contributed by atoms with van der Waals surface area (Å²) >= 11 is 0. The Balaban J connectivity index is 3.22. The van der Waals surface area contributed by atoms with Gasteiger partial charge in [-0.05, 0) is 5.92 Å². The highest BCUT2D eigenvalue weighted by atomic mass is 16.5. The summed E-state index contributed by atoms with van der Waals surface area (Å²) in [5.41, 5.74) is -0.548. The van der Waals surface area contributed by atoms with Gasteiger partial charge in [0.05, 0.1) is 18.0 Å². The lowest BCUT2D eigenvalue weighted by molar-refractivity contribution is 0.0807. The molecule has 1 rings (SSSR count). The first-order chi connectivity index (χ1) is 6.43. The molecule has 0 aliphatic carbocycles. The molecule has 1 heterocycles. The topological polar surface area (TPSA) is 82.7 Å². The largest absolute Gasteiger partial charge is 0.503 e. The summed E-state index contributed by atoms with van der Waals surface area (Å²) < 4.78 is 0.557. The maximum Gasteiger partial charge on any atom is 0.223 e. The first kappa shape index (κ1) is 10.6. The zero-order valence-corrected chi connectivity index (χ0v) is 8.01. The van der Waals surface area contributed by atoms with Crippen LogP contribution in [-0.4, -0.2) is 20.2 Å². The number of nitrogens with zero attached hydrogens (tertiary/aromatic N) is 1. The average molecular weight is 199 g/mol. The van der Waals surface area contributed by atoms with Gasteiger partial charge in [-0.1, -0.05) is 13.8 Å². The number of aliphatic hydroxyl groups excluding tert-OH is 1. The first-order valence-electron chi connectivity index (χ1n) is 4.26. The van der Waals surface area contributed by atoms with E-state index in [-0.39, 0.29) is 11.6 Å². The second-order valence-corrected chi connectivity index (χ2v) is 3.48. The van der Waals surface area contributed by atoms with Crippen LogP contribution in [0.1, 0.15) is 25.6 Å². The summed E-state index contributed by atoms with van der Waals surface area (Å²) in [4.78, 5) is 11.0. The molecule has 1 aromatic rings. The summed E-state index contributed by atoms with van der Waals surface area (Å²) in [6.45, 7) is 3.50. The predicted molar refractivity (Wildman–Crippen MR) is 49.3 cm³/mol.